The summed E-state index contributed by atoms with van der Waals surface area (Å²) in [5.74, 6) is -1.13. The fourth-order valence-electron chi connectivity index (χ4n) is 4.01. The van der Waals surface area contributed by atoms with E-state index in [1.54, 1.807) is 11.0 Å². The molecule has 0 bridgehead atoms. The molecule has 2 heterocycles. The number of urea groups is 1. The van der Waals surface area contributed by atoms with E-state index in [2.05, 4.69) is 5.32 Å². The molecule has 0 aromatic heterocycles. The molecule has 5 nitrogen and oxygen atoms in total. The second-order valence-corrected chi connectivity index (χ2v) is 9.64. The van der Waals surface area contributed by atoms with Gasteiger partial charge in [-0.25, -0.2) is 13.6 Å². The molecule has 1 N–H and O–H groups in total. The summed E-state index contributed by atoms with van der Waals surface area (Å²) in [6.45, 7) is 6.45. The van der Waals surface area contributed by atoms with E-state index >= 15 is 0 Å². The van der Waals surface area contributed by atoms with Gasteiger partial charge in [0.15, 0.2) is 4.87 Å². The van der Waals surface area contributed by atoms with Gasteiger partial charge in [-0.3, -0.25) is 9.69 Å². The first kappa shape index (κ1) is 19.7. The molecule has 29 heavy (non-hydrogen) atoms. The predicted octanol–water partition coefficient (Wildman–Crippen LogP) is 4.54. The highest BCUT2D eigenvalue weighted by Gasteiger charge is 2.63. The molecule has 0 saturated carbocycles. The Morgan fingerprint density at radius 1 is 1.14 bits per heavy atom. The van der Waals surface area contributed by atoms with Crippen molar-refractivity contribution in [2.45, 2.75) is 30.4 Å². The number of likely N-dealkylation sites (N-methyl/N-ethyl adjacent to an activating group) is 1. The summed E-state index contributed by atoms with van der Waals surface area (Å²) in [5.41, 5.74) is 1.51. The fourth-order valence-corrected chi connectivity index (χ4v) is 5.74. The van der Waals surface area contributed by atoms with E-state index in [1.807, 2.05) is 20.8 Å². The Labute approximate surface area is 172 Å². The summed E-state index contributed by atoms with van der Waals surface area (Å²) in [5, 5.41) is 2.74. The van der Waals surface area contributed by atoms with Crippen molar-refractivity contribution in [3.8, 4) is 0 Å². The summed E-state index contributed by atoms with van der Waals surface area (Å²) in [6.07, 6.45) is 0. The minimum absolute atomic E-state index is 0.259. The SMILES string of the molecule is CCN1C(=O)C2(SC(C)(C)CN2C(=O)Nc2ccc(F)cc2)c2cc(F)ccc21. The van der Waals surface area contributed by atoms with Gasteiger partial charge in [0, 0.05) is 29.1 Å². The van der Waals surface area contributed by atoms with Gasteiger partial charge >= 0.3 is 6.03 Å². The highest BCUT2D eigenvalue weighted by Crippen LogP contribution is 2.59. The third kappa shape index (κ3) is 3.06. The quantitative estimate of drug-likeness (QED) is 0.780. The first-order valence-electron chi connectivity index (χ1n) is 9.34. The fraction of sp³-hybridized carbons (Fsp3) is 0.333. The van der Waals surface area contributed by atoms with E-state index in [0.29, 0.717) is 30.0 Å². The Kier molecular flexibility index (Phi) is 4.57. The van der Waals surface area contributed by atoms with Crippen LogP contribution in [0.15, 0.2) is 42.5 Å². The van der Waals surface area contributed by atoms with E-state index in [4.69, 9.17) is 0 Å². The Balaban J connectivity index is 1.80. The number of benzene rings is 2. The van der Waals surface area contributed by atoms with Crippen molar-refractivity contribution in [2.75, 3.05) is 23.3 Å². The Morgan fingerprint density at radius 3 is 2.45 bits per heavy atom. The van der Waals surface area contributed by atoms with Gasteiger partial charge in [0.2, 0.25) is 0 Å². The molecular weight excluding hydrogens is 396 g/mol. The van der Waals surface area contributed by atoms with Gasteiger partial charge in [0.25, 0.3) is 5.91 Å². The van der Waals surface area contributed by atoms with Gasteiger partial charge in [-0.2, -0.15) is 0 Å². The third-order valence-electron chi connectivity index (χ3n) is 5.15. The van der Waals surface area contributed by atoms with E-state index in [9.17, 15) is 18.4 Å². The van der Waals surface area contributed by atoms with Crippen LogP contribution in [0, 0.1) is 11.6 Å². The number of nitrogens with one attached hydrogen (secondary N) is 1. The van der Waals surface area contributed by atoms with Crippen LogP contribution in [-0.4, -0.2) is 34.7 Å². The van der Waals surface area contributed by atoms with Crippen molar-refractivity contribution in [3.05, 3.63) is 59.7 Å². The monoisotopic (exact) mass is 417 g/mol. The lowest BCUT2D eigenvalue weighted by molar-refractivity contribution is -0.123. The van der Waals surface area contributed by atoms with Crippen LogP contribution in [0.1, 0.15) is 26.3 Å². The molecule has 1 saturated heterocycles. The van der Waals surface area contributed by atoms with Crippen LogP contribution in [0.4, 0.5) is 25.0 Å². The lowest BCUT2D eigenvalue weighted by Crippen LogP contribution is -2.51. The number of fused-ring (bicyclic) bond motifs is 2. The average Bonchev–Trinajstić information content (AvgIpc) is 3.08. The zero-order valence-electron chi connectivity index (χ0n) is 16.3. The topological polar surface area (TPSA) is 52.7 Å². The van der Waals surface area contributed by atoms with Crippen molar-refractivity contribution < 1.29 is 18.4 Å². The summed E-state index contributed by atoms with van der Waals surface area (Å²) < 4.78 is 26.9. The van der Waals surface area contributed by atoms with Crippen LogP contribution in [0.3, 0.4) is 0 Å². The first-order valence-corrected chi connectivity index (χ1v) is 10.2. The second-order valence-electron chi connectivity index (χ2n) is 7.74. The highest BCUT2D eigenvalue weighted by atomic mass is 32.2. The van der Waals surface area contributed by atoms with Crippen LogP contribution in [-0.2, 0) is 9.67 Å². The molecule has 0 aliphatic carbocycles. The minimum Gasteiger partial charge on any atom is -0.309 e. The maximum Gasteiger partial charge on any atom is 0.323 e. The van der Waals surface area contributed by atoms with Crippen molar-refractivity contribution in [1.29, 1.82) is 0 Å². The van der Waals surface area contributed by atoms with Gasteiger partial charge < -0.3 is 10.2 Å². The molecule has 2 aromatic carbocycles. The molecule has 1 unspecified atom stereocenters. The minimum atomic E-state index is -1.35. The zero-order valence-corrected chi connectivity index (χ0v) is 17.1. The van der Waals surface area contributed by atoms with Crippen molar-refractivity contribution >= 4 is 35.1 Å². The smallest absolute Gasteiger partial charge is 0.309 e. The van der Waals surface area contributed by atoms with E-state index < -0.39 is 27.3 Å². The molecule has 1 fully saturated rings. The van der Waals surface area contributed by atoms with Gasteiger partial charge in [-0.15, -0.1) is 11.8 Å². The van der Waals surface area contributed by atoms with Crippen LogP contribution < -0.4 is 10.2 Å². The Bertz CT molecular complexity index is 996. The van der Waals surface area contributed by atoms with Crippen LogP contribution in [0.2, 0.25) is 0 Å². The number of rotatable bonds is 2. The maximum absolute atomic E-state index is 14.2. The number of hydrogen-bond donors (Lipinski definition) is 1. The van der Waals surface area contributed by atoms with E-state index in [1.165, 1.54) is 53.1 Å². The lowest BCUT2D eigenvalue weighted by atomic mass is 10.0. The molecule has 8 heteroatoms. The summed E-state index contributed by atoms with van der Waals surface area (Å²) in [7, 11) is 0. The zero-order chi connectivity index (χ0) is 21.0. The standard InChI is InChI=1S/C21H21F2N3O2S/c1-4-25-17-10-7-14(23)11-16(17)21(18(25)27)26(12-20(2,3)29-21)19(28)24-15-8-5-13(22)6-9-15/h5-11H,4,12H2,1-3H3,(H,24,28). The molecule has 0 radical (unpaired) electrons. The number of halogens is 2. The van der Waals surface area contributed by atoms with Gasteiger partial charge in [-0.1, -0.05) is 0 Å². The Hall–Kier alpha value is -2.61. The van der Waals surface area contributed by atoms with Crippen LogP contribution in [0.5, 0.6) is 0 Å². The Morgan fingerprint density at radius 2 is 1.79 bits per heavy atom. The predicted molar refractivity (Wildman–Crippen MR) is 110 cm³/mol. The van der Waals surface area contributed by atoms with Crippen molar-refractivity contribution in [3.63, 3.8) is 0 Å². The number of nitrogens with zero attached hydrogens (tertiary/aromatic N) is 2. The number of carbonyl (C=O) groups is 2. The van der Waals surface area contributed by atoms with Crippen molar-refractivity contribution in [1.82, 2.24) is 4.90 Å². The lowest BCUT2D eigenvalue weighted by Gasteiger charge is -2.33. The molecular formula is C21H21F2N3O2S. The molecule has 1 spiro atoms. The number of hydrogen-bond acceptors (Lipinski definition) is 3. The normalized spacial score (nSPS) is 22.3. The van der Waals surface area contributed by atoms with E-state index in [-0.39, 0.29) is 5.91 Å². The second kappa shape index (κ2) is 6.73. The summed E-state index contributed by atoms with van der Waals surface area (Å²) >= 11 is 1.35. The number of carbonyl (C=O) groups excluding carboxylic acids is 2. The summed E-state index contributed by atoms with van der Waals surface area (Å²) in [6, 6.07) is 9.17. The first-order chi connectivity index (χ1) is 13.7. The van der Waals surface area contributed by atoms with Crippen LogP contribution >= 0.6 is 11.8 Å². The summed E-state index contributed by atoms with van der Waals surface area (Å²) in [4.78, 5) is 28.5. The molecule has 3 amide bonds. The van der Waals surface area contributed by atoms with E-state index in [0.717, 1.165) is 0 Å². The molecule has 152 valence electrons. The highest BCUT2D eigenvalue weighted by molar-refractivity contribution is 8.02. The molecule has 1 atom stereocenters. The van der Waals surface area contributed by atoms with Gasteiger partial charge in [-0.05, 0) is 63.2 Å². The van der Waals surface area contributed by atoms with Crippen molar-refractivity contribution in [2.24, 2.45) is 0 Å². The molecule has 2 aromatic rings. The number of amides is 3. The third-order valence-corrected chi connectivity index (χ3v) is 6.74. The van der Waals surface area contributed by atoms with Crippen LogP contribution in [0.25, 0.3) is 0 Å². The van der Waals surface area contributed by atoms with Gasteiger partial charge in [0.1, 0.15) is 11.6 Å². The van der Waals surface area contributed by atoms with Gasteiger partial charge in [0.05, 0.1) is 5.69 Å². The average molecular weight is 417 g/mol. The molecule has 2 aliphatic heterocycles. The number of anilines is 2. The largest absolute Gasteiger partial charge is 0.323 e. The molecule has 4 rings (SSSR count). The maximum atomic E-state index is 14.2. The molecule has 2 aliphatic rings. The number of thioether (sulfide) groups is 1.